The van der Waals surface area contributed by atoms with Crippen molar-refractivity contribution in [1.82, 2.24) is 10.2 Å². The highest BCUT2D eigenvalue weighted by atomic mass is 79.9. The van der Waals surface area contributed by atoms with Gasteiger partial charge in [0.25, 0.3) is 10.0 Å². The molecule has 1 N–H and O–H groups in total. The number of carbonyl (C=O) groups is 2. The van der Waals surface area contributed by atoms with Crippen LogP contribution in [-0.4, -0.2) is 43.8 Å². The largest absolute Gasteiger partial charge is 0.352 e. The smallest absolute Gasteiger partial charge is 0.264 e. The molecule has 0 aliphatic rings. The van der Waals surface area contributed by atoms with Crippen LogP contribution >= 0.6 is 27.5 Å². The minimum Gasteiger partial charge on any atom is -0.352 e. The van der Waals surface area contributed by atoms with Gasteiger partial charge in [-0.05, 0) is 60.9 Å². The van der Waals surface area contributed by atoms with Gasteiger partial charge in [0.2, 0.25) is 11.8 Å². The third kappa shape index (κ3) is 8.49. The SMILES string of the molecule is CC[C@@H](C)NC(=O)[C@H](Cc1ccccc1)N(Cc1ccc(Br)cc1)C(=O)CN(c1ccccc1Cl)S(=O)(=O)c1ccccc1. The zero-order chi connectivity index (χ0) is 31.7. The summed E-state index contributed by atoms with van der Waals surface area (Å²) in [5.74, 6) is -0.864. The number of rotatable bonds is 13. The second-order valence-electron chi connectivity index (χ2n) is 10.4. The molecule has 0 aliphatic heterocycles. The first-order valence-corrected chi connectivity index (χ1v) is 16.9. The number of halogens is 2. The summed E-state index contributed by atoms with van der Waals surface area (Å²) in [7, 11) is -4.22. The Balaban J connectivity index is 1.81. The first kappa shape index (κ1) is 33.2. The van der Waals surface area contributed by atoms with Crippen LogP contribution in [0.25, 0.3) is 0 Å². The van der Waals surface area contributed by atoms with Crippen molar-refractivity contribution in [3.8, 4) is 0 Å². The third-order valence-corrected chi connectivity index (χ3v) is 9.89. The molecule has 0 fully saturated rings. The van der Waals surface area contributed by atoms with Gasteiger partial charge < -0.3 is 10.2 Å². The highest BCUT2D eigenvalue weighted by molar-refractivity contribution is 9.10. The molecule has 0 unspecified atom stereocenters. The number of amides is 2. The molecule has 0 saturated carbocycles. The third-order valence-electron chi connectivity index (χ3n) is 7.27. The fraction of sp³-hybridized carbons (Fsp3) is 0.235. The van der Waals surface area contributed by atoms with Crippen molar-refractivity contribution < 1.29 is 18.0 Å². The van der Waals surface area contributed by atoms with Crippen molar-refractivity contribution >= 4 is 55.1 Å². The fourth-order valence-electron chi connectivity index (χ4n) is 4.67. The lowest BCUT2D eigenvalue weighted by Gasteiger charge is -2.34. The number of benzene rings is 4. The molecule has 0 saturated heterocycles. The number of sulfonamides is 1. The topological polar surface area (TPSA) is 86.8 Å². The number of para-hydroxylation sites is 1. The number of hydrogen-bond acceptors (Lipinski definition) is 4. The average molecular weight is 697 g/mol. The quantitative estimate of drug-likeness (QED) is 0.166. The summed E-state index contributed by atoms with van der Waals surface area (Å²) in [6, 6.07) is 30.3. The molecule has 10 heteroatoms. The first-order chi connectivity index (χ1) is 21.1. The van der Waals surface area contributed by atoms with Crippen LogP contribution in [0.15, 0.2) is 119 Å². The molecule has 0 heterocycles. The van der Waals surface area contributed by atoms with Gasteiger partial charge in [-0.1, -0.05) is 107 Å². The Labute approximate surface area is 273 Å². The van der Waals surface area contributed by atoms with Gasteiger partial charge in [-0.25, -0.2) is 8.42 Å². The van der Waals surface area contributed by atoms with Crippen molar-refractivity contribution in [2.75, 3.05) is 10.8 Å². The van der Waals surface area contributed by atoms with E-state index in [2.05, 4.69) is 21.2 Å². The number of nitrogens with zero attached hydrogens (tertiary/aromatic N) is 2. The molecule has 0 spiro atoms. The molecule has 7 nitrogen and oxygen atoms in total. The van der Waals surface area contributed by atoms with Gasteiger partial charge in [-0.3, -0.25) is 13.9 Å². The van der Waals surface area contributed by atoms with Crippen molar-refractivity contribution in [3.63, 3.8) is 0 Å². The van der Waals surface area contributed by atoms with E-state index < -0.39 is 28.5 Å². The van der Waals surface area contributed by atoms with Gasteiger partial charge in [0.1, 0.15) is 12.6 Å². The lowest BCUT2D eigenvalue weighted by Crippen LogP contribution is -2.54. The van der Waals surface area contributed by atoms with Gasteiger partial charge >= 0.3 is 0 Å². The molecular formula is C34H35BrClN3O4S. The van der Waals surface area contributed by atoms with Crippen LogP contribution in [0.4, 0.5) is 5.69 Å². The first-order valence-electron chi connectivity index (χ1n) is 14.3. The van der Waals surface area contributed by atoms with Crippen LogP contribution in [-0.2, 0) is 32.6 Å². The summed E-state index contributed by atoms with van der Waals surface area (Å²) in [6.07, 6.45) is 0.947. The number of carbonyl (C=O) groups excluding carboxylic acids is 2. The predicted octanol–water partition coefficient (Wildman–Crippen LogP) is 6.85. The van der Waals surface area contributed by atoms with Crippen LogP contribution in [0, 0.1) is 0 Å². The lowest BCUT2D eigenvalue weighted by molar-refractivity contribution is -0.140. The van der Waals surface area contributed by atoms with E-state index in [0.717, 1.165) is 19.9 Å². The zero-order valence-corrected chi connectivity index (χ0v) is 27.7. The summed E-state index contributed by atoms with van der Waals surface area (Å²) in [5.41, 5.74) is 1.81. The Morgan fingerprint density at radius 1 is 0.841 bits per heavy atom. The van der Waals surface area contributed by atoms with Crippen LogP contribution in [0.3, 0.4) is 0 Å². The van der Waals surface area contributed by atoms with Gasteiger partial charge in [-0.2, -0.15) is 0 Å². The Morgan fingerprint density at radius 3 is 2.05 bits per heavy atom. The maximum atomic E-state index is 14.5. The van der Waals surface area contributed by atoms with E-state index in [9.17, 15) is 18.0 Å². The Kier molecular flexibility index (Phi) is 11.6. The molecule has 2 amide bonds. The summed E-state index contributed by atoms with van der Waals surface area (Å²) in [4.78, 5) is 29.8. The normalized spacial score (nSPS) is 12.6. The van der Waals surface area contributed by atoms with E-state index in [-0.39, 0.29) is 40.5 Å². The average Bonchev–Trinajstić information content (AvgIpc) is 3.03. The van der Waals surface area contributed by atoms with Gasteiger partial charge in [0.15, 0.2) is 0 Å². The van der Waals surface area contributed by atoms with Gasteiger partial charge in [0, 0.05) is 23.5 Å². The standard InChI is InChI=1S/C34H35BrClN3O4S/c1-3-25(2)37-34(41)32(22-26-12-6-4-7-13-26)38(23-27-18-20-28(35)21-19-27)33(40)24-39(31-17-11-10-16-30(31)36)44(42,43)29-14-8-5-9-15-29/h4-21,25,32H,3,22-24H2,1-2H3,(H,37,41)/t25-,32+/m1/s1. The molecule has 0 bridgehead atoms. The van der Waals surface area contributed by atoms with Crippen LogP contribution in [0.5, 0.6) is 0 Å². The highest BCUT2D eigenvalue weighted by Gasteiger charge is 2.35. The Hall–Kier alpha value is -3.66. The maximum absolute atomic E-state index is 14.5. The molecule has 230 valence electrons. The van der Waals surface area contributed by atoms with Crippen molar-refractivity contribution in [1.29, 1.82) is 0 Å². The Morgan fingerprint density at radius 2 is 1.43 bits per heavy atom. The zero-order valence-electron chi connectivity index (χ0n) is 24.6. The number of nitrogens with one attached hydrogen (secondary N) is 1. The van der Waals surface area contributed by atoms with Crippen molar-refractivity contribution in [2.45, 2.75) is 50.2 Å². The number of anilines is 1. The van der Waals surface area contributed by atoms with E-state index in [4.69, 9.17) is 11.6 Å². The molecule has 44 heavy (non-hydrogen) atoms. The van der Waals surface area contributed by atoms with Gasteiger partial charge in [0.05, 0.1) is 15.6 Å². The maximum Gasteiger partial charge on any atom is 0.264 e. The monoisotopic (exact) mass is 695 g/mol. The predicted molar refractivity (Wildman–Crippen MR) is 179 cm³/mol. The molecule has 0 aliphatic carbocycles. The summed E-state index contributed by atoms with van der Waals surface area (Å²) in [6.45, 7) is 3.39. The molecule has 2 atom stereocenters. The molecule has 0 aromatic heterocycles. The van der Waals surface area contributed by atoms with Crippen LogP contribution in [0.1, 0.15) is 31.4 Å². The second kappa shape index (κ2) is 15.4. The second-order valence-corrected chi connectivity index (χ2v) is 13.6. The van der Waals surface area contributed by atoms with Crippen LogP contribution in [0.2, 0.25) is 5.02 Å². The minimum absolute atomic E-state index is 0.0162. The Bertz CT molecular complexity index is 1660. The summed E-state index contributed by atoms with van der Waals surface area (Å²) < 4.78 is 30.0. The summed E-state index contributed by atoms with van der Waals surface area (Å²) in [5, 5.41) is 3.21. The molecular weight excluding hydrogens is 662 g/mol. The van der Waals surface area contributed by atoms with E-state index in [1.807, 2.05) is 68.4 Å². The van der Waals surface area contributed by atoms with Crippen LogP contribution < -0.4 is 9.62 Å². The van der Waals surface area contributed by atoms with E-state index in [1.165, 1.54) is 17.0 Å². The lowest BCUT2D eigenvalue weighted by atomic mass is 10.0. The van der Waals surface area contributed by atoms with E-state index in [1.54, 1.807) is 42.5 Å². The van der Waals surface area contributed by atoms with Crippen molar-refractivity contribution in [2.24, 2.45) is 0 Å². The molecule has 4 rings (SSSR count). The highest BCUT2D eigenvalue weighted by Crippen LogP contribution is 2.31. The molecule has 0 radical (unpaired) electrons. The molecule has 4 aromatic rings. The number of hydrogen-bond donors (Lipinski definition) is 1. The summed E-state index contributed by atoms with van der Waals surface area (Å²) >= 11 is 9.96. The van der Waals surface area contributed by atoms with E-state index >= 15 is 0 Å². The minimum atomic E-state index is -4.22. The fourth-order valence-corrected chi connectivity index (χ4v) is 6.67. The molecule has 4 aromatic carbocycles. The van der Waals surface area contributed by atoms with Gasteiger partial charge in [-0.15, -0.1) is 0 Å². The van der Waals surface area contributed by atoms with E-state index in [0.29, 0.717) is 6.42 Å². The van der Waals surface area contributed by atoms with Crippen molar-refractivity contribution in [3.05, 3.63) is 130 Å².